The van der Waals surface area contributed by atoms with Gasteiger partial charge in [-0.3, -0.25) is 9.47 Å². The molecule has 2 aromatic carbocycles. The molecule has 0 radical (unpaired) electrons. The van der Waals surface area contributed by atoms with Crippen LogP contribution in [0, 0.1) is 0 Å². The van der Waals surface area contributed by atoms with Crippen LogP contribution in [0.4, 0.5) is 5.69 Å². The molecule has 1 aromatic heterocycles. The predicted molar refractivity (Wildman–Crippen MR) is 110 cm³/mol. The first-order valence-electron chi connectivity index (χ1n) is 9.04. The van der Waals surface area contributed by atoms with E-state index in [-0.39, 0.29) is 5.76 Å². The quantitative estimate of drug-likeness (QED) is 0.632. The Morgan fingerprint density at radius 2 is 1.89 bits per heavy atom. The predicted octanol–water partition coefficient (Wildman–Crippen LogP) is 3.54. The Labute approximate surface area is 166 Å². The molecular weight excluding hydrogens is 410 g/mol. The van der Waals surface area contributed by atoms with Crippen LogP contribution in [-0.4, -0.2) is 42.8 Å². The van der Waals surface area contributed by atoms with Crippen molar-refractivity contribution in [2.24, 2.45) is 0 Å². The molecule has 0 atom stereocenters. The van der Waals surface area contributed by atoms with E-state index >= 15 is 0 Å². The number of ether oxygens (including phenoxy) is 1. The highest BCUT2D eigenvalue weighted by molar-refractivity contribution is 9.10. The topological polar surface area (TPSA) is 50.9 Å². The Morgan fingerprint density at radius 1 is 1.07 bits per heavy atom. The van der Waals surface area contributed by atoms with Crippen LogP contribution >= 0.6 is 15.9 Å². The van der Waals surface area contributed by atoms with Crippen molar-refractivity contribution in [2.75, 3.05) is 38.2 Å². The average Bonchev–Trinajstić information content (AvgIpc) is 2.84. The maximum absolute atomic E-state index is 12.3. The molecule has 0 N–H and O–H groups in total. The second-order valence-electron chi connectivity index (χ2n) is 6.71. The highest BCUT2D eigenvalue weighted by atomic mass is 79.9. The van der Waals surface area contributed by atoms with Gasteiger partial charge >= 0.3 is 5.76 Å². The molecule has 3 aromatic rings. The highest BCUT2D eigenvalue weighted by Gasteiger charge is 2.18. The summed E-state index contributed by atoms with van der Waals surface area (Å²) in [5.41, 5.74) is 2.65. The molecule has 6 nitrogen and oxygen atoms in total. The zero-order valence-electron chi connectivity index (χ0n) is 15.2. The molecule has 1 fully saturated rings. The Balaban J connectivity index is 1.47. The standard InChI is InChI=1S/C20H22BrN3O3/c1-26-17-6-4-16(5-7-17)23-10-2-9-22(11-12-23)14-24-18-8-3-15(21)13-19(18)27-20(24)25/h3-8,13H,2,9-12,14H2,1H3. The van der Waals surface area contributed by atoms with Crippen molar-refractivity contribution in [1.29, 1.82) is 0 Å². The van der Waals surface area contributed by atoms with E-state index < -0.39 is 0 Å². The van der Waals surface area contributed by atoms with Gasteiger partial charge in [-0.05, 0) is 48.9 Å². The van der Waals surface area contributed by atoms with E-state index in [1.165, 1.54) is 5.69 Å². The lowest BCUT2D eigenvalue weighted by Gasteiger charge is -2.24. The Kier molecular flexibility index (Phi) is 5.22. The van der Waals surface area contributed by atoms with E-state index in [2.05, 4.69) is 37.9 Å². The number of aromatic nitrogens is 1. The Bertz CT molecular complexity index is 980. The summed E-state index contributed by atoms with van der Waals surface area (Å²) in [6.07, 6.45) is 1.04. The summed E-state index contributed by atoms with van der Waals surface area (Å²) in [4.78, 5) is 17.0. The van der Waals surface area contributed by atoms with Crippen LogP contribution in [-0.2, 0) is 6.67 Å². The van der Waals surface area contributed by atoms with Crippen molar-refractivity contribution in [1.82, 2.24) is 9.47 Å². The van der Waals surface area contributed by atoms with Crippen molar-refractivity contribution >= 4 is 32.7 Å². The van der Waals surface area contributed by atoms with Crippen molar-refractivity contribution in [2.45, 2.75) is 13.1 Å². The van der Waals surface area contributed by atoms with Gasteiger partial charge in [0, 0.05) is 36.3 Å². The summed E-state index contributed by atoms with van der Waals surface area (Å²) >= 11 is 3.42. The minimum absolute atomic E-state index is 0.306. The molecule has 4 rings (SSSR count). The Hall–Kier alpha value is -2.25. The van der Waals surface area contributed by atoms with Gasteiger partial charge in [0.05, 0.1) is 19.3 Å². The molecule has 1 saturated heterocycles. The summed E-state index contributed by atoms with van der Waals surface area (Å²) in [7, 11) is 1.68. The zero-order valence-corrected chi connectivity index (χ0v) is 16.8. The number of oxazole rings is 1. The second-order valence-corrected chi connectivity index (χ2v) is 7.62. The third-order valence-electron chi connectivity index (χ3n) is 5.00. The first-order chi connectivity index (χ1) is 13.1. The zero-order chi connectivity index (χ0) is 18.8. The fraction of sp³-hybridized carbons (Fsp3) is 0.350. The van der Waals surface area contributed by atoms with Crippen LogP contribution in [0.2, 0.25) is 0 Å². The SMILES string of the molecule is COc1ccc(N2CCCN(Cn3c(=O)oc4cc(Br)ccc43)CC2)cc1. The van der Waals surface area contributed by atoms with Gasteiger partial charge in [0.2, 0.25) is 0 Å². The van der Waals surface area contributed by atoms with Gasteiger partial charge in [-0.15, -0.1) is 0 Å². The van der Waals surface area contributed by atoms with E-state index in [4.69, 9.17) is 9.15 Å². The van der Waals surface area contributed by atoms with Crippen molar-refractivity contribution in [3.63, 3.8) is 0 Å². The van der Waals surface area contributed by atoms with E-state index in [1.54, 1.807) is 11.7 Å². The molecule has 0 saturated carbocycles. The maximum atomic E-state index is 12.3. The van der Waals surface area contributed by atoms with E-state index in [0.29, 0.717) is 12.3 Å². The Morgan fingerprint density at radius 3 is 2.67 bits per heavy atom. The van der Waals surface area contributed by atoms with Crippen LogP contribution in [0.5, 0.6) is 5.75 Å². The monoisotopic (exact) mass is 431 g/mol. The number of nitrogens with zero attached hydrogens (tertiary/aromatic N) is 3. The van der Waals surface area contributed by atoms with Crippen molar-refractivity contribution in [3.8, 4) is 5.75 Å². The molecule has 0 spiro atoms. The number of fused-ring (bicyclic) bond motifs is 1. The highest BCUT2D eigenvalue weighted by Crippen LogP contribution is 2.22. The molecular formula is C20H22BrN3O3. The summed E-state index contributed by atoms with van der Waals surface area (Å²) in [5, 5.41) is 0. The van der Waals surface area contributed by atoms with E-state index in [1.807, 2.05) is 30.3 Å². The lowest BCUT2D eigenvalue weighted by molar-refractivity contribution is 0.228. The number of anilines is 1. The maximum Gasteiger partial charge on any atom is 0.421 e. The molecule has 0 bridgehead atoms. The number of methoxy groups -OCH3 is 1. The number of benzene rings is 2. The normalized spacial score (nSPS) is 15.9. The first kappa shape index (κ1) is 18.1. The van der Waals surface area contributed by atoms with Gasteiger partial charge < -0.3 is 14.1 Å². The molecule has 0 amide bonds. The fourth-order valence-electron chi connectivity index (χ4n) is 3.54. The van der Waals surface area contributed by atoms with Gasteiger partial charge in [-0.25, -0.2) is 4.79 Å². The van der Waals surface area contributed by atoms with Crippen LogP contribution in [0.1, 0.15) is 6.42 Å². The van der Waals surface area contributed by atoms with Gasteiger partial charge in [0.15, 0.2) is 5.58 Å². The summed E-state index contributed by atoms with van der Waals surface area (Å²) in [5.74, 6) is 0.562. The molecule has 0 unspecified atom stereocenters. The molecule has 2 heterocycles. The van der Waals surface area contributed by atoms with Crippen LogP contribution in [0.3, 0.4) is 0 Å². The molecule has 142 valence electrons. The number of rotatable bonds is 4. The number of halogens is 1. The summed E-state index contributed by atoms with van der Waals surface area (Å²) in [6, 6.07) is 13.9. The minimum atomic E-state index is -0.306. The van der Waals surface area contributed by atoms with Gasteiger partial charge in [0.25, 0.3) is 0 Å². The number of hydrogen-bond acceptors (Lipinski definition) is 5. The lowest BCUT2D eigenvalue weighted by atomic mass is 10.2. The van der Waals surface area contributed by atoms with Crippen LogP contribution < -0.4 is 15.4 Å². The molecule has 1 aliphatic rings. The van der Waals surface area contributed by atoms with E-state index in [0.717, 1.165) is 48.3 Å². The van der Waals surface area contributed by atoms with Crippen LogP contribution in [0.25, 0.3) is 11.1 Å². The van der Waals surface area contributed by atoms with Gasteiger partial charge in [0.1, 0.15) is 5.75 Å². The summed E-state index contributed by atoms with van der Waals surface area (Å²) in [6.45, 7) is 4.30. The van der Waals surface area contributed by atoms with Crippen LogP contribution in [0.15, 0.2) is 56.1 Å². The fourth-order valence-corrected chi connectivity index (χ4v) is 3.88. The van der Waals surface area contributed by atoms with Gasteiger partial charge in [-0.1, -0.05) is 15.9 Å². The third kappa shape index (κ3) is 3.89. The largest absolute Gasteiger partial charge is 0.497 e. The lowest BCUT2D eigenvalue weighted by Crippen LogP contribution is -2.34. The first-order valence-corrected chi connectivity index (χ1v) is 9.83. The smallest absolute Gasteiger partial charge is 0.421 e. The minimum Gasteiger partial charge on any atom is -0.497 e. The number of hydrogen-bond donors (Lipinski definition) is 0. The molecule has 27 heavy (non-hydrogen) atoms. The van der Waals surface area contributed by atoms with Gasteiger partial charge in [-0.2, -0.15) is 0 Å². The molecule has 7 heteroatoms. The third-order valence-corrected chi connectivity index (χ3v) is 5.49. The average molecular weight is 432 g/mol. The molecule has 0 aliphatic carbocycles. The molecule has 1 aliphatic heterocycles. The summed E-state index contributed by atoms with van der Waals surface area (Å²) < 4.78 is 13.2. The van der Waals surface area contributed by atoms with E-state index in [9.17, 15) is 4.79 Å². The second kappa shape index (κ2) is 7.78. The van der Waals surface area contributed by atoms with Crippen molar-refractivity contribution < 1.29 is 9.15 Å². The van der Waals surface area contributed by atoms with Crippen molar-refractivity contribution in [3.05, 3.63) is 57.5 Å².